The largest absolute Gasteiger partial charge is 0.481 e. The van der Waals surface area contributed by atoms with Crippen LogP contribution in [0.1, 0.15) is 73.2 Å². The fourth-order valence-electron chi connectivity index (χ4n) is 5.24. The molecular formula is C36H39ClFNO3S. The number of alkyl halides is 1. The lowest BCUT2D eigenvalue weighted by Gasteiger charge is -2.24. The summed E-state index contributed by atoms with van der Waals surface area (Å²) in [5.41, 5.74) is 3.07. The third kappa shape index (κ3) is 9.15. The molecule has 1 aliphatic rings. The lowest BCUT2D eigenvalue weighted by molar-refractivity contribution is -0.138. The van der Waals surface area contributed by atoms with Crippen molar-refractivity contribution in [3.8, 4) is 0 Å². The minimum atomic E-state index is -1.08. The second-order valence-electron chi connectivity index (χ2n) is 11.9. The maximum atomic E-state index is 14.4. The molecule has 3 atom stereocenters. The van der Waals surface area contributed by atoms with Crippen molar-refractivity contribution in [2.24, 2.45) is 5.41 Å². The first kappa shape index (κ1) is 32.7. The molecule has 0 saturated heterocycles. The summed E-state index contributed by atoms with van der Waals surface area (Å²) in [6.07, 6.45) is 8.19. The SMILES string of the molecule is C=c1nc(/C=C/c2cccc([C@@H](CCc3ccccc3C(C)(C)O)SCC3(CC(=O)O)C[C@@H]3F)c2)cc/c1=C/C=C(\C)Cl. The minimum Gasteiger partial charge on any atom is -0.481 e. The summed E-state index contributed by atoms with van der Waals surface area (Å²) in [6.45, 7) is 9.44. The Morgan fingerprint density at radius 2 is 1.95 bits per heavy atom. The van der Waals surface area contributed by atoms with E-state index in [2.05, 4.69) is 23.7 Å². The molecular weight excluding hydrogens is 581 g/mol. The van der Waals surface area contributed by atoms with Gasteiger partial charge >= 0.3 is 5.97 Å². The molecule has 1 heterocycles. The van der Waals surface area contributed by atoms with Gasteiger partial charge in [-0.15, -0.1) is 0 Å². The van der Waals surface area contributed by atoms with Crippen molar-refractivity contribution in [3.63, 3.8) is 0 Å². The average Bonchev–Trinajstić information content (AvgIpc) is 3.58. The summed E-state index contributed by atoms with van der Waals surface area (Å²) in [4.78, 5) is 16.1. The Morgan fingerprint density at radius 1 is 1.21 bits per heavy atom. The third-order valence-electron chi connectivity index (χ3n) is 7.77. The van der Waals surface area contributed by atoms with Crippen molar-refractivity contribution in [1.29, 1.82) is 0 Å². The molecule has 0 amide bonds. The van der Waals surface area contributed by atoms with E-state index in [-0.39, 0.29) is 11.7 Å². The first-order valence-corrected chi connectivity index (χ1v) is 15.9. The first-order chi connectivity index (χ1) is 20.4. The van der Waals surface area contributed by atoms with Gasteiger partial charge in [0, 0.05) is 21.5 Å². The van der Waals surface area contributed by atoms with E-state index >= 15 is 0 Å². The van der Waals surface area contributed by atoms with Crippen molar-refractivity contribution in [2.45, 2.75) is 63.5 Å². The molecule has 4 nitrogen and oxygen atoms in total. The smallest absolute Gasteiger partial charge is 0.304 e. The van der Waals surface area contributed by atoms with Crippen LogP contribution in [0, 0.1) is 5.41 Å². The normalized spacial score (nSPS) is 20.0. The number of nitrogens with zero attached hydrogens (tertiary/aromatic N) is 1. The molecule has 0 spiro atoms. The number of carbonyl (C=O) groups is 1. The number of aromatic nitrogens is 1. The van der Waals surface area contributed by atoms with Crippen molar-refractivity contribution < 1.29 is 19.4 Å². The van der Waals surface area contributed by atoms with Gasteiger partial charge in [-0.05, 0) is 85.7 Å². The van der Waals surface area contributed by atoms with Crippen LogP contribution in [0.4, 0.5) is 4.39 Å². The monoisotopic (exact) mass is 619 g/mol. The second kappa shape index (κ2) is 14.1. The number of allylic oxidation sites excluding steroid dienone is 2. The molecule has 4 rings (SSSR count). The number of thioether (sulfide) groups is 1. The van der Waals surface area contributed by atoms with Crippen molar-refractivity contribution in [3.05, 3.63) is 110 Å². The van der Waals surface area contributed by atoms with Gasteiger partial charge < -0.3 is 10.2 Å². The van der Waals surface area contributed by atoms with E-state index < -0.39 is 23.2 Å². The number of aliphatic hydroxyl groups is 1. The number of aliphatic carboxylic acids is 1. The fraction of sp³-hybridized carbons (Fsp3) is 0.333. The number of halogens is 2. The molecule has 2 aromatic carbocycles. The number of rotatable bonds is 13. The zero-order valence-corrected chi connectivity index (χ0v) is 26.5. The van der Waals surface area contributed by atoms with Crippen LogP contribution in [0.15, 0.2) is 71.8 Å². The summed E-state index contributed by atoms with van der Waals surface area (Å²) >= 11 is 7.56. The standard InChI is InChI=1S/C36H39ClFNO3S/c1-24(37)12-14-27-15-18-30(39-25(27)2)17-13-26-8-7-10-29(20-26)32(43-23-36(21-33(36)38)22-34(40)41)19-16-28-9-5-6-11-31(28)35(3,4)42/h5-15,17-18,20,32-33,42H,2,16,19,21-23H2,1,3-4H3,(H,40,41)/b17-13+,24-12+,27-14-/t32-,33+,36?/m1/s1. The van der Waals surface area contributed by atoms with Crippen LogP contribution in [0.25, 0.3) is 24.8 Å². The molecule has 0 bridgehead atoms. The predicted octanol–water partition coefficient (Wildman–Crippen LogP) is 7.42. The molecule has 43 heavy (non-hydrogen) atoms. The van der Waals surface area contributed by atoms with E-state index in [0.717, 1.165) is 46.0 Å². The Kier molecular flexibility index (Phi) is 10.7. The van der Waals surface area contributed by atoms with Gasteiger partial charge in [0.25, 0.3) is 0 Å². The summed E-state index contributed by atoms with van der Waals surface area (Å²) < 4.78 is 14.4. The van der Waals surface area contributed by atoms with E-state index in [0.29, 0.717) is 22.6 Å². The van der Waals surface area contributed by atoms with Gasteiger partial charge in [-0.2, -0.15) is 11.8 Å². The molecule has 2 N–H and O–H groups in total. The maximum absolute atomic E-state index is 14.4. The van der Waals surface area contributed by atoms with Crippen LogP contribution in [-0.4, -0.2) is 33.1 Å². The Bertz CT molecular complexity index is 1630. The number of pyridine rings is 1. The molecule has 3 aromatic rings. The van der Waals surface area contributed by atoms with Crippen LogP contribution >= 0.6 is 23.4 Å². The Morgan fingerprint density at radius 3 is 2.60 bits per heavy atom. The van der Waals surface area contributed by atoms with E-state index in [9.17, 15) is 19.4 Å². The zero-order chi connectivity index (χ0) is 31.2. The number of hydrogen-bond donors (Lipinski definition) is 2. The Labute approximate surface area is 262 Å². The van der Waals surface area contributed by atoms with Crippen LogP contribution in [-0.2, 0) is 16.8 Å². The number of carboxylic acid groups (broad SMARTS) is 1. The van der Waals surface area contributed by atoms with Gasteiger partial charge in [0.15, 0.2) is 0 Å². The molecule has 1 fully saturated rings. The number of benzene rings is 2. The molecule has 1 saturated carbocycles. The van der Waals surface area contributed by atoms with Gasteiger partial charge in [0.05, 0.1) is 23.1 Å². The number of carboxylic acids is 1. The van der Waals surface area contributed by atoms with Gasteiger partial charge in [0.1, 0.15) is 6.17 Å². The fourth-order valence-corrected chi connectivity index (χ4v) is 6.86. The second-order valence-corrected chi connectivity index (χ2v) is 13.6. The maximum Gasteiger partial charge on any atom is 0.304 e. The average molecular weight is 620 g/mol. The van der Waals surface area contributed by atoms with Crippen LogP contribution in [0.3, 0.4) is 0 Å². The van der Waals surface area contributed by atoms with E-state index in [1.165, 1.54) is 0 Å². The highest BCUT2D eigenvalue weighted by Crippen LogP contribution is 2.55. The summed E-state index contributed by atoms with van der Waals surface area (Å²) in [7, 11) is 0. The molecule has 7 heteroatoms. The van der Waals surface area contributed by atoms with Gasteiger partial charge in [-0.1, -0.05) is 84.9 Å². The lowest BCUT2D eigenvalue weighted by atomic mass is 9.90. The molecule has 1 unspecified atom stereocenters. The number of hydrogen-bond acceptors (Lipinski definition) is 4. The summed E-state index contributed by atoms with van der Waals surface area (Å²) in [6, 6.07) is 20.0. The molecule has 0 radical (unpaired) electrons. The van der Waals surface area contributed by atoms with E-state index in [4.69, 9.17) is 11.6 Å². The Hall–Kier alpha value is -3.19. The minimum absolute atomic E-state index is 0.0134. The highest BCUT2D eigenvalue weighted by molar-refractivity contribution is 7.99. The zero-order valence-electron chi connectivity index (χ0n) is 24.9. The van der Waals surface area contributed by atoms with Crippen LogP contribution in [0.2, 0.25) is 0 Å². The van der Waals surface area contributed by atoms with E-state index in [1.54, 1.807) is 25.6 Å². The molecule has 1 aromatic heterocycles. The molecule has 0 aliphatic heterocycles. The summed E-state index contributed by atoms with van der Waals surface area (Å²) in [5, 5.41) is 22.4. The predicted molar refractivity (Wildman–Crippen MR) is 178 cm³/mol. The Balaban J connectivity index is 1.57. The van der Waals surface area contributed by atoms with Crippen molar-refractivity contribution >= 4 is 54.1 Å². The number of aryl methyl sites for hydroxylation is 1. The van der Waals surface area contributed by atoms with Crippen LogP contribution in [0.5, 0.6) is 0 Å². The molecule has 226 valence electrons. The quantitative estimate of drug-likeness (QED) is 0.208. The molecule has 1 aliphatic carbocycles. The first-order valence-electron chi connectivity index (χ1n) is 14.4. The highest BCUT2D eigenvalue weighted by Gasteiger charge is 2.56. The topological polar surface area (TPSA) is 70.4 Å². The lowest BCUT2D eigenvalue weighted by Crippen LogP contribution is -2.26. The third-order valence-corrected chi connectivity index (χ3v) is 9.55. The van der Waals surface area contributed by atoms with Crippen LogP contribution < -0.4 is 10.6 Å². The summed E-state index contributed by atoms with van der Waals surface area (Å²) in [5.74, 6) is -0.518. The van der Waals surface area contributed by atoms with Gasteiger partial charge in [-0.3, -0.25) is 4.79 Å². The van der Waals surface area contributed by atoms with E-state index in [1.807, 2.05) is 79.8 Å². The van der Waals surface area contributed by atoms with Gasteiger partial charge in [-0.25, -0.2) is 9.37 Å². The van der Waals surface area contributed by atoms with Crippen molar-refractivity contribution in [2.75, 3.05) is 5.75 Å². The van der Waals surface area contributed by atoms with Crippen molar-refractivity contribution in [1.82, 2.24) is 4.98 Å². The van der Waals surface area contributed by atoms with Gasteiger partial charge in [0.2, 0.25) is 0 Å². The highest BCUT2D eigenvalue weighted by atomic mass is 35.5.